The molecule has 1 aromatic carbocycles. The van der Waals surface area contributed by atoms with Gasteiger partial charge in [0.25, 0.3) is 0 Å². The van der Waals surface area contributed by atoms with Crippen LogP contribution in [-0.4, -0.2) is 11.8 Å². The lowest BCUT2D eigenvalue weighted by atomic mass is 9.99. The van der Waals surface area contributed by atoms with Crippen molar-refractivity contribution < 1.29 is 0 Å². The molecule has 82 valence electrons. The van der Waals surface area contributed by atoms with E-state index in [0.29, 0.717) is 6.04 Å². The number of fused-ring (bicyclic) bond motifs is 1. The lowest BCUT2D eigenvalue weighted by Crippen LogP contribution is -2.26. The maximum absolute atomic E-state index is 3.58. The van der Waals surface area contributed by atoms with Crippen molar-refractivity contribution >= 4 is 11.8 Å². The van der Waals surface area contributed by atoms with Gasteiger partial charge in [-0.2, -0.15) is 0 Å². The number of aryl methyl sites for hydroxylation is 1. The first-order valence-corrected chi connectivity index (χ1v) is 6.59. The topological polar surface area (TPSA) is 12.0 Å². The average molecular weight is 221 g/mol. The van der Waals surface area contributed by atoms with Crippen molar-refractivity contribution in [1.82, 2.24) is 5.32 Å². The van der Waals surface area contributed by atoms with Gasteiger partial charge in [-0.25, -0.2) is 0 Å². The van der Waals surface area contributed by atoms with Gasteiger partial charge < -0.3 is 5.32 Å². The standard InChI is InChI=1S/C13H19NS/c1-4-14-12-8-10(3)15-13-6-5-9(2)7-11(12)13/h5-7,10,12,14H,4,8H2,1-3H3. The summed E-state index contributed by atoms with van der Waals surface area (Å²) < 4.78 is 0. The first-order chi connectivity index (χ1) is 7.20. The summed E-state index contributed by atoms with van der Waals surface area (Å²) in [6.07, 6.45) is 1.25. The van der Waals surface area contributed by atoms with E-state index in [1.807, 2.05) is 11.8 Å². The molecular weight excluding hydrogens is 202 g/mol. The molecule has 0 aliphatic carbocycles. The fourth-order valence-corrected chi connectivity index (χ4v) is 3.42. The molecule has 2 unspecified atom stereocenters. The molecule has 1 heterocycles. The van der Waals surface area contributed by atoms with Crippen molar-refractivity contribution in [3.63, 3.8) is 0 Å². The summed E-state index contributed by atoms with van der Waals surface area (Å²) in [5.74, 6) is 0. The number of nitrogens with one attached hydrogen (secondary N) is 1. The summed E-state index contributed by atoms with van der Waals surface area (Å²) in [6.45, 7) is 7.72. The molecule has 0 saturated heterocycles. The highest BCUT2D eigenvalue weighted by Crippen LogP contribution is 2.40. The quantitative estimate of drug-likeness (QED) is 0.820. The number of benzene rings is 1. The van der Waals surface area contributed by atoms with E-state index in [9.17, 15) is 0 Å². The molecule has 2 heteroatoms. The normalized spacial score (nSPS) is 25.0. The Morgan fingerprint density at radius 1 is 1.47 bits per heavy atom. The second-order valence-electron chi connectivity index (χ2n) is 4.32. The highest BCUT2D eigenvalue weighted by atomic mass is 32.2. The summed E-state index contributed by atoms with van der Waals surface area (Å²) in [7, 11) is 0. The number of rotatable bonds is 2. The van der Waals surface area contributed by atoms with Crippen LogP contribution in [0.25, 0.3) is 0 Å². The van der Waals surface area contributed by atoms with Crippen LogP contribution in [0.2, 0.25) is 0 Å². The Kier molecular flexibility index (Phi) is 3.37. The molecule has 0 amide bonds. The van der Waals surface area contributed by atoms with Gasteiger partial charge in [-0.05, 0) is 31.5 Å². The van der Waals surface area contributed by atoms with E-state index in [-0.39, 0.29) is 0 Å². The third-order valence-electron chi connectivity index (χ3n) is 2.89. The Morgan fingerprint density at radius 2 is 2.27 bits per heavy atom. The van der Waals surface area contributed by atoms with Gasteiger partial charge in [0, 0.05) is 16.2 Å². The third kappa shape index (κ3) is 2.37. The minimum absolute atomic E-state index is 0.557. The molecule has 1 nitrogen and oxygen atoms in total. The highest BCUT2D eigenvalue weighted by Gasteiger charge is 2.24. The second kappa shape index (κ2) is 4.58. The Balaban J connectivity index is 2.34. The molecule has 2 rings (SSSR count). The molecule has 1 aliphatic heterocycles. The van der Waals surface area contributed by atoms with Gasteiger partial charge in [-0.1, -0.05) is 31.5 Å². The lowest BCUT2D eigenvalue weighted by Gasteiger charge is -2.30. The maximum Gasteiger partial charge on any atom is 0.0341 e. The molecule has 1 aromatic rings. The van der Waals surface area contributed by atoms with Crippen molar-refractivity contribution in [2.45, 2.75) is 43.4 Å². The molecule has 0 spiro atoms. The van der Waals surface area contributed by atoms with E-state index >= 15 is 0 Å². The van der Waals surface area contributed by atoms with Crippen LogP contribution in [0.3, 0.4) is 0 Å². The van der Waals surface area contributed by atoms with Crippen molar-refractivity contribution in [2.24, 2.45) is 0 Å². The molecule has 0 fully saturated rings. The molecule has 0 saturated carbocycles. The van der Waals surface area contributed by atoms with Crippen LogP contribution in [0, 0.1) is 6.92 Å². The molecule has 15 heavy (non-hydrogen) atoms. The maximum atomic E-state index is 3.58. The average Bonchev–Trinajstić information content (AvgIpc) is 2.19. The zero-order valence-electron chi connectivity index (χ0n) is 9.71. The van der Waals surface area contributed by atoms with Gasteiger partial charge in [0.1, 0.15) is 0 Å². The first kappa shape index (κ1) is 11.0. The zero-order chi connectivity index (χ0) is 10.8. The smallest absolute Gasteiger partial charge is 0.0341 e. The fourth-order valence-electron chi connectivity index (χ4n) is 2.21. The molecule has 1 aliphatic rings. The van der Waals surface area contributed by atoms with Crippen LogP contribution in [0.5, 0.6) is 0 Å². The van der Waals surface area contributed by atoms with Crippen molar-refractivity contribution in [3.8, 4) is 0 Å². The Hall–Kier alpha value is -0.470. The van der Waals surface area contributed by atoms with Crippen molar-refractivity contribution in [1.29, 1.82) is 0 Å². The first-order valence-electron chi connectivity index (χ1n) is 5.71. The van der Waals surface area contributed by atoms with E-state index in [0.717, 1.165) is 11.8 Å². The van der Waals surface area contributed by atoms with E-state index in [2.05, 4.69) is 44.3 Å². The highest BCUT2D eigenvalue weighted by molar-refractivity contribution is 8.00. The second-order valence-corrected chi connectivity index (χ2v) is 5.80. The Bertz CT molecular complexity index is 348. The summed E-state index contributed by atoms with van der Waals surface area (Å²) in [6, 6.07) is 7.38. The number of hydrogen-bond donors (Lipinski definition) is 1. The van der Waals surface area contributed by atoms with Gasteiger partial charge in [-0.15, -0.1) is 11.8 Å². The molecular formula is C13H19NS. The SMILES string of the molecule is CCNC1CC(C)Sc2ccc(C)cc21. The predicted molar refractivity (Wildman–Crippen MR) is 67.5 cm³/mol. The predicted octanol–water partition coefficient (Wildman–Crippen LogP) is 3.53. The van der Waals surface area contributed by atoms with Crippen LogP contribution in [0.1, 0.15) is 37.4 Å². The molecule has 2 atom stereocenters. The van der Waals surface area contributed by atoms with E-state index in [1.165, 1.54) is 22.4 Å². The summed E-state index contributed by atoms with van der Waals surface area (Å²) in [5, 5.41) is 4.31. The molecule has 0 aromatic heterocycles. The summed E-state index contributed by atoms with van der Waals surface area (Å²) >= 11 is 2.01. The van der Waals surface area contributed by atoms with E-state index < -0.39 is 0 Å². The van der Waals surface area contributed by atoms with Gasteiger partial charge in [0.05, 0.1) is 0 Å². The van der Waals surface area contributed by atoms with E-state index in [4.69, 9.17) is 0 Å². The lowest BCUT2D eigenvalue weighted by molar-refractivity contribution is 0.500. The van der Waals surface area contributed by atoms with Crippen LogP contribution < -0.4 is 5.32 Å². The van der Waals surface area contributed by atoms with Gasteiger partial charge in [0.15, 0.2) is 0 Å². The number of thioether (sulfide) groups is 1. The molecule has 0 bridgehead atoms. The number of hydrogen-bond acceptors (Lipinski definition) is 2. The van der Waals surface area contributed by atoms with Gasteiger partial charge in [0.2, 0.25) is 0 Å². The Morgan fingerprint density at radius 3 is 3.00 bits per heavy atom. The summed E-state index contributed by atoms with van der Waals surface area (Å²) in [5.41, 5.74) is 2.87. The minimum Gasteiger partial charge on any atom is -0.310 e. The van der Waals surface area contributed by atoms with E-state index in [1.54, 1.807) is 0 Å². The van der Waals surface area contributed by atoms with Crippen LogP contribution in [-0.2, 0) is 0 Å². The summed E-state index contributed by atoms with van der Waals surface area (Å²) in [4.78, 5) is 1.46. The van der Waals surface area contributed by atoms with Crippen LogP contribution >= 0.6 is 11.8 Å². The minimum atomic E-state index is 0.557. The third-order valence-corrected chi connectivity index (χ3v) is 4.11. The largest absolute Gasteiger partial charge is 0.310 e. The van der Waals surface area contributed by atoms with Crippen LogP contribution in [0.4, 0.5) is 0 Å². The van der Waals surface area contributed by atoms with Crippen molar-refractivity contribution in [3.05, 3.63) is 29.3 Å². The Labute approximate surface area is 96.7 Å². The monoisotopic (exact) mass is 221 g/mol. The van der Waals surface area contributed by atoms with Gasteiger partial charge in [-0.3, -0.25) is 0 Å². The van der Waals surface area contributed by atoms with Crippen molar-refractivity contribution in [2.75, 3.05) is 6.54 Å². The van der Waals surface area contributed by atoms with Gasteiger partial charge >= 0.3 is 0 Å². The zero-order valence-corrected chi connectivity index (χ0v) is 10.5. The van der Waals surface area contributed by atoms with Crippen LogP contribution in [0.15, 0.2) is 23.1 Å². The molecule has 0 radical (unpaired) electrons. The fraction of sp³-hybridized carbons (Fsp3) is 0.538. The molecule has 1 N–H and O–H groups in total.